The first-order valence-electron chi connectivity index (χ1n) is 9.22. The van der Waals surface area contributed by atoms with Gasteiger partial charge in [0.1, 0.15) is 0 Å². The van der Waals surface area contributed by atoms with E-state index < -0.39 is 23.9 Å². The van der Waals surface area contributed by atoms with Crippen LogP contribution in [0.5, 0.6) is 0 Å². The van der Waals surface area contributed by atoms with Crippen LogP contribution in [0.15, 0.2) is 24.3 Å². The quantitative estimate of drug-likeness (QED) is 0.610. The van der Waals surface area contributed by atoms with Gasteiger partial charge < -0.3 is 15.0 Å². The van der Waals surface area contributed by atoms with Crippen molar-refractivity contribution in [2.45, 2.75) is 46.1 Å². The fourth-order valence-electron chi connectivity index (χ4n) is 2.98. The maximum atomic E-state index is 12.4. The van der Waals surface area contributed by atoms with Crippen molar-refractivity contribution in [3.8, 4) is 0 Å². The van der Waals surface area contributed by atoms with Gasteiger partial charge in [0, 0.05) is 30.8 Å². The van der Waals surface area contributed by atoms with E-state index in [1.807, 2.05) is 0 Å². The van der Waals surface area contributed by atoms with Gasteiger partial charge >= 0.3 is 5.97 Å². The van der Waals surface area contributed by atoms with E-state index in [1.54, 1.807) is 36.1 Å². The molecule has 0 bridgehead atoms. The third kappa shape index (κ3) is 5.64. The van der Waals surface area contributed by atoms with Crippen molar-refractivity contribution in [2.75, 3.05) is 18.4 Å². The monoisotopic (exact) mass is 374 g/mol. The Labute approximate surface area is 159 Å². The lowest BCUT2D eigenvalue weighted by Gasteiger charge is -2.31. The average Bonchev–Trinajstić information content (AvgIpc) is 2.67. The zero-order valence-electron chi connectivity index (χ0n) is 16.0. The molecule has 1 aromatic carbocycles. The minimum absolute atomic E-state index is 0.0206. The number of ether oxygens (including phenoxy) is 1. The van der Waals surface area contributed by atoms with E-state index in [1.165, 1.54) is 13.8 Å². The molecule has 0 aliphatic carbocycles. The molecule has 1 aliphatic heterocycles. The number of hydrogen-bond acceptors (Lipinski definition) is 5. The Morgan fingerprint density at radius 3 is 2.48 bits per heavy atom. The van der Waals surface area contributed by atoms with E-state index in [-0.39, 0.29) is 11.7 Å². The Morgan fingerprint density at radius 2 is 1.89 bits per heavy atom. The fourth-order valence-corrected chi connectivity index (χ4v) is 2.98. The Balaban J connectivity index is 1.88. The number of Topliss-reactive ketones (excluding diaryl/α,β-unsaturated/α-hetero) is 1. The van der Waals surface area contributed by atoms with Crippen LogP contribution in [0.25, 0.3) is 0 Å². The van der Waals surface area contributed by atoms with Gasteiger partial charge in [-0.1, -0.05) is 6.92 Å². The summed E-state index contributed by atoms with van der Waals surface area (Å²) in [6.07, 6.45) is 0.840. The standard InChI is InChI=1S/C20H26N2O5/c1-4-18(24)22-11-5-6-16(12-22)20(26)27-14(3)19(25)21-17-9-7-15(8-10-17)13(2)23/h7-10,14,16H,4-6,11-12H2,1-3H3,(H,21,25). The summed E-state index contributed by atoms with van der Waals surface area (Å²) in [4.78, 5) is 49.4. The van der Waals surface area contributed by atoms with Crippen LogP contribution in [-0.2, 0) is 19.1 Å². The number of likely N-dealkylation sites (tertiary alicyclic amines) is 1. The predicted octanol–water partition coefficient (Wildman–Crippen LogP) is 2.41. The lowest BCUT2D eigenvalue weighted by atomic mass is 9.98. The van der Waals surface area contributed by atoms with Crippen molar-refractivity contribution in [2.24, 2.45) is 5.92 Å². The predicted molar refractivity (Wildman–Crippen MR) is 100 cm³/mol. The maximum Gasteiger partial charge on any atom is 0.311 e. The SMILES string of the molecule is CCC(=O)N1CCCC(C(=O)OC(C)C(=O)Nc2ccc(C(C)=O)cc2)C1. The fraction of sp³-hybridized carbons (Fsp3) is 0.500. The molecule has 0 aromatic heterocycles. The van der Waals surface area contributed by atoms with Gasteiger partial charge in [-0.15, -0.1) is 0 Å². The molecule has 7 nitrogen and oxygen atoms in total. The second-order valence-corrected chi connectivity index (χ2v) is 6.73. The largest absolute Gasteiger partial charge is 0.452 e. The Bertz CT molecular complexity index is 714. The van der Waals surface area contributed by atoms with Crippen molar-refractivity contribution in [1.82, 2.24) is 4.90 Å². The average molecular weight is 374 g/mol. The number of anilines is 1. The third-order valence-electron chi connectivity index (χ3n) is 4.63. The normalized spacial score (nSPS) is 17.7. The van der Waals surface area contributed by atoms with Gasteiger partial charge in [0.05, 0.1) is 5.92 Å². The van der Waals surface area contributed by atoms with Gasteiger partial charge in [0.2, 0.25) is 5.91 Å². The van der Waals surface area contributed by atoms with Gasteiger partial charge in [-0.2, -0.15) is 0 Å². The van der Waals surface area contributed by atoms with Crippen molar-refractivity contribution < 1.29 is 23.9 Å². The number of benzene rings is 1. The van der Waals surface area contributed by atoms with Crippen LogP contribution in [0, 0.1) is 5.92 Å². The van der Waals surface area contributed by atoms with Crippen LogP contribution in [0.3, 0.4) is 0 Å². The number of esters is 1. The topological polar surface area (TPSA) is 92.8 Å². The molecule has 1 aliphatic rings. The number of carbonyl (C=O) groups excluding carboxylic acids is 4. The molecule has 2 atom stereocenters. The Kier molecular flexibility index (Phi) is 7.10. The lowest BCUT2D eigenvalue weighted by Crippen LogP contribution is -2.43. The molecule has 1 aromatic rings. The molecule has 1 saturated heterocycles. The van der Waals surface area contributed by atoms with Gasteiger partial charge in [0.25, 0.3) is 5.91 Å². The highest BCUT2D eigenvalue weighted by Gasteiger charge is 2.30. The summed E-state index contributed by atoms with van der Waals surface area (Å²) in [7, 11) is 0. The smallest absolute Gasteiger partial charge is 0.311 e. The molecular weight excluding hydrogens is 348 g/mol. The molecule has 7 heteroatoms. The highest BCUT2D eigenvalue weighted by molar-refractivity contribution is 5.97. The van der Waals surface area contributed by atoms with E-state index in [9.17, 15) is 19.2 Å². The molecule has 1 N–H and O–H groups in total. The van der Waals surface area contributed by atoms with Gasteiger partial charge in [0.15, 0.2) is 11.9 Å². The van der Waals surface area contributed by atoms with Crippen LogP contribution in [-0.4, -0.2) is 47.7 Å². The van der Waals surface area contributed by atoms with E-state index in [2.05, 4.69) is 5.32 Å². The lowest BCUT2D eigenvalue weighted by molar-refractivity contribution is -0.159. The van der Waals surface area contributed by atoms with Crippen molar-refractivity contribution in [3.05, 3.63) is 29.8 Å². The van der Waals surface area contributed by atoms with Crippen LogP contribution in [0.2, 0.25) is 0 Å². The molecule has 1 heterocycles. The van der Waals surface area contributed by atoms with Gasteiger partial charge in [-0.3, -0.25) is 19.2 Å². The van der Waals surface area contributed by atoms with Crippen LogP contribution >= 0.6 is 0 Å². The molecule has 2 rings (SSSR count). The van der Waals surface area contributed by atoms with E-state index >= 15 is 0 Å². The second-order valence-electron chi connectivity index (χ2n) is 6.73. The summed E-state index contributed by atoms with van der Waals surface area (Å²) in [6, 6.07) is 6.49. The summed E-state index contributed by atoms with van der Waals surface area (Å²) in [5, 5.41) is 2.66. The minimum Gasteiger partial charge on any atom is -0.452 e. The molecule has 1 fully saturated rings. The third-order valence-corrected chi connectivity index (χ3v) is 4.63. The first-order chi connectivity index (χ1) is 12.8. The van der Waals surface area contributed by atoms with Crippen LogP contribution in [0.1, 0.15) is 50.4 Å². The summed E-state index contributed by atoms with van der Waals surface area (Å²) in [5.74, 6) is -1.35. The molecule has 146 valence electrons. The number of amides is 2. The number of nitrogens with zero attached hydrogens (tertiary/aromatic N) is 1. The molecule has 2 amide bonds. The Hall–Kier alpha value is -2.70. The summed E-state index contributed by atoms with van der Waals surface area (Å²) in [5.41, 5.74) is 1.07. The van der Waals surface area contributed by atoms with E-state index in [0.29, 0.717) is 37.2 Å². The molecule has 0 radical (unpaired) electrons. The Morgan fingerprint density at radius 1 is 1.22 bits per heavy atom. The number of hydrogen-bond donors (Lipinski definition) is 1. The molecule has 0 spiro atoms. The molecular formula is C20H26N2O5. The summed E-state index contributed by atoms with van der Waals surface area (Å²) >= 11 is 0. The second kappa shape index (κ2) is 9.30. The first kappa shape index (κ1) is 20.6. The molecule has 0 saturated carbocycles. The van der Waals surface area contributed by atoms with Crippen molar-refractivity contribution in [1.29, 1.82) is 0 Å². The van der Waals surface area contributed by atoms with E-state index in [0.717, 1.165) is 6.42 Å². The number of carbonyl (C=O) groups is 4. The zero-order chi connectivity index (χ0) is 20.0. The first-order valence-corrected chi connectivity index (χ1v) is 9.22. The highest BCUT2D eigenvalue weighted by atomic mass is 16.5. The summed E-state index contributed by atoms with van der Waals surface area (Å²) in [6.45, 7) is 5.76. The molecule has 2 unspecified atom stereocenters. The minimum atomic E-state index is -0.956. The number of piperidine rings is 1. The number of rotatable bonds is 6. The van der Waals surface area contributed by atoms with Crippen LogP contribution in [0.4, 0.5) is 5.69 Å². The zero-order valence-corrected chi connectivity index (χ0v) is 16.0. The van der Waals surface area contributed by atoms with Gasteiger partial charge in [-0.25, -0.2) is 0 Å². The highest BCUT2D eigenvalue weighted by Crippen LogP contribution is 2.19. The maximum absolute atomic E-state index is 12.4. The van der Waals surface area contributed by atoms with E-state index in [4.69, 9.17) is 4.74 Å². The van der Waals surface area contributed by atoms with Gasteiger partial charge in [-0.05, 0) is 51.0 Å². The molecule has 27 heavy (non-hydrogen) atoms. The van der Waals surface area contributed by atoms with Crippen molar-refractivity contribution in [3.63, 3.8) is 0 Å². The van der Waals surface area contributed by atoms with Crippen molar-refractivity contribution >= 4 is 29.3 Å². The number of nitrogens with one attached hydrogen (secondary N) is 1. The van der Waals surface area contributed by atoms with Crippen LogP contribution < -0.4 is 5.32 Å². The summed E-state index contributed by atoms with van der Waals surface area (Å²) < 4.78 is 5.30. The number of ketones is 1.